The van der Waals surface area contributed by atoms with Crippen molar-refractivity contribution < 1.29 is 14.3 Å². The molecule has 178 valence electrons. The predicted octanol–water partition coefficient (Wildman–Crippen LogP) is 2.12. The van der Waals surface area contributed by atoms with Crippen LogP contribution in [0.1, 0.15) is 22.9 Å². The number of carbonyl (C=O) groups excluding carboxylic acids is 1. The fourth-order valence-electron chi connectivity index (χ4n) is 4.60. The van der Waals surface area contributed by atoms with Crippen molar-refractivity contribution in [1.82, 2.24) is 30.5 Å². The van der Waals surface area contributed by atoms with Gasteiger partial charge < -0.3 is 20.1 Å². The number of fused-ring (bicyclic) bond motifs is 1. The maximum Gasteiger partial charge on any atom is 0.315 e. The molecule has 2 N–H and O–H groups in total. The van der Waals surface area contributed by atoms with E-state index in [0.29, 0.717) is 26.3 Å². The molecule has 0 spiro atoms. The molecule has 0 unspecified atom stereocenters. The van der Waals surface area contributed by atoms with Gasteiger partial charge in [0.15, 0.2) is 0 Å². The van der Waals surface area contributed by atoms with Crippen LogP contribution >= 0.6 is 0 Å². The zero-order valence-electron chi connectivity index (χ0n) is 19.2. The highest BCUT2D eigenvalue weighted by atomic mass is 16.6. The maximum atomic E-state index is 12.4. The number of hydrogen-bond donors (Lipinski definition) is 2. The van der Waals surface area contributed by atoms with E-state index in [4.69, 9.17) is 9.47 Å². The average molecular weight is 463 g/mol. The molecule has 0 saturated carbocycles. The normalized spacial score (nSPS) is 23.7. The van der Waals surface area contributed by atoms with Crippen LogP contribution in [0.2, 0.25) is 0 Å². The minimum Gasteiger partial charge on any atom is -0.371 e. The summed E-state index contributed by atoms with van der Waals surface area (Å²) >= 11 is 0. The van der Waals surface area contributed by atoms with Crippen molar-refractivity contribution >= 4 is 6.03 Å². The molecule has 3 heterocycles. The number of rotatable bonds is 8. The van der Waals surface area contributed by atoms with Gasteiger partial charge in [-0.15, -0.1) is 5.10 Å². The van der Waals surface area contributed by atoms with Crippen LogP contribution in [0.25, 0.3) is 0 Å². The molecule has 0 bridgehead atoms. The lowest BCUT2D eigenvalue weighted by Gasteiger charge is -2.18. The molecule has 2 saturated heterocycles. The molecule has 5 rings (SSSR count). The zero-order chi connectivity index (χ0) is 23.3. The monoisotopic (exact) mass is 462 g/mol. The van der Waals surface area contributed by atoms with Crippen molar-refractivity contribution in [3.8, 4) is 0 Å². The maximum absolute atomic E-state index is 12.4. The van der Waals surface area contributed by atoms with Gasteiger partial charge in [0.2, 0.25) is 0 Å². The molecule has 2 fully saturated rings. The van der Waals surface area contributed by atoms with Crippen LogP contribution in [0.15, 0.2) is 66.9 Å². The molecule has 0 radical (unpaired) electrons. The number of urea groups is 1. The molecule has 9 nitrogen and oxygen atoms in total. The summed E-state index contributed by atoms with van der Waals surface area (Å²) in [5.74, 6) is 0. The summed E-state index contributed by atoms with van der Waals surface area (Å²) in [6, 6.07) is 19.7. The summed E-state index contributed by atoms with van der Waals surface area (Å²) in [5, 5.41) is 14.6. The van der Waals surface area contributed by atoms with Crippen LogP contribution in [-0.2, 0) is 29.1 Å². The molecule has 0 aliphatic carbocycles. The van der Waals surface area contributed by atoms with Crippen molar-refractivity contribution in [2.45, 2.75) is 43.9 Å². The number of hydrogen-bond acceptors (Lipinski definition) is 6. The summed E-state index contributed by atoms with van der Waals surface area (Å²) in [6.45, 7) is 2.89. The summed E-state index contributed by atoms with van der Waals surface area (Å²) in [7, 11) is 2.07. The number of benzene rings is 2. The molecule has 9 heteroatoms. The van der Waals surface area contributed by atoms with E-state index in [1.54, 1.807) is 0 Å². The van der Waals surface area contributed by atoms with Crippen LogP contribution in [0, 0.1) is 0 Å². The molecule has 2 aliphatic heterocycles. The molecule has 1 aromatic heterocycles. The Morgan fingerprint density at radius 3 is 2.47 bits per heavy atom. The SMILES string of the molecule is CN(Cc1ccccc1)Cc1cn([C@H]2CO[C@H]3[C@@H]2OC[C@@H]3NC(=O)NCc2ccccc2)nn1. The Balaban J connectivity index is 1.12. The predicted molar refractivity (Wildman–Crippen MR) is 126 cm³/mol. The Labute approximate surface area is 199 Å². The Hall–Kier alpha value is -3.27. The third kappa shape index (κ3) is 5.27. The lowest BCUT2D eigenvalue weighted by atomic mass is 10.1. The van der Waals surface area contributed by atoms with Crippen LogP contribution < -0.4 is 10.6 Å². The van der Waals surface area contributed by atoms with Gasteiger partial charge >= 0.3 is 6.03 Å². The number of nitrogens with one attached hydrogen (secondary N) is 2. The quantitative estimate of drug-likeness (QED) is 0.533. The molecule has 2 aromatic carbocycles. The second-order valence-electron chi connectivity index (χ2n) is 8.93. The highest BCUT2D eigenvalue weighted by molar-refractivity contribution is 5.74. The van der Waals surface area contributed by atoms with Crippen molar-refractivity contribution in [3.05, 3.63) is 83.7 Å². The number of amides is 2. The number of aromatic nitrogens is 3. The van der Waals surface area contributed by atoms with Gasteiger partial charge in [0.1, 0.15) is 18.2 Å². The van der Waals surface area contributed by atoms with Gasteiger partial charge in [-0.3, -0.25) is 4.90 Å². The molecule has 3 aromatic rings. The number of nitrogens with zero attached hydrogens (tertiary/aromatic N) is 4. The summed E-state index contributed by atoms with van der Waals surface area (Å²) in [6.07, 6.45) is 1.59. The minimum atomic E-state index is -0.227. The van der Waals surface area contributed by atoms with Gasteiger partial charge in [0, 0.05) is 19.6 Å². The first kappa shape index (κ1) is 22.5. The first-order valence-electron chi connectivity index (χ1n) is 11.6. The van der Waals surface area contributed by atoms with Crippen molar-refractivity contribution in [3.63, 3.8) is 0 Å². The summed E-state index contributed by atoms with van der Waals surface area (Å²) in [5.41, 5.74) is 3.21. The number of carbonyl (C=O) groups is 1. The largest absolute Gasteiger partial charge is 0.371 e. The lowest BCUT2D eigenvalue weighted by Crippen LogP contribution is -2.48. The fourth-order valence-corrected chi connectivity index (χ4v) is 4.60. The molecule has 2 amide bonds. The highest BCUT2D eigenvalue weighted by Gasteiger charge is 2.49. The highest BCUT2D eigenvalue weighted by Crippen LogP contribution is 2.34. The van der Waals surface area contributed by atoms with Crippen molar-refractivity contribution in [1.29, 1.82) is 0 Å². The van der Waals surface area contributed by atoms with Crippen LogP contribution in [0.4, 0.5) is 4.79 Å². The van der Waals surface area contributed by atoms with E-state index >= 15 is 0 Å². The third-order valence-corrected chi connectivity index (χ3v) is 6.26. The minimum absolute atomic E-state index is 0.0649. The van der Waals surface area contributed by atoms with Crippen molar-refractivity contribution in [2.75, 3.05) is 20.3 Å². The first-order valence-corrected chi connectivity index (χ1v) is 11.6. The van der Waals surface area contributed by atoms with Crippen LogP contribution in [0.3, 0.4) is 0 Å². The van der Waals surface area contributed by atoms with E-state index in [0.717, 1.165) is 17.8 Å². The Bertz CT molecular complexity index is 1080. The van der Waals surface area contributed by atoms with E-state index in [9.17, 15) is 4.79 Å². The topological polar surface area (TPSA) is 93.5 Å². The van der Waals surface area contributed by atoms with E-state index in [1.807, 2.05) is 59.4 Å². The second kappa shape index (κ2) is 10.3. The summed E-state index contributed by atoms with van der Waals surface area (Å²) in [4.78, 5) is 14.6. The van der Waals surface area contributed by atoms with E-state index in [2.05, 4.69) is 45.0 Å². The smallest absolute Gasteiger partial charge is 0.315 e. The van der Waals surface area contributed by atoms with Gasteiger partial charge in [-0.05, 0) is 18.2 Å². The molecular weight excluding hydrogens is 432 g/mol. The zero-order valence-corrected chi connectivity index (χ0v) is 19.2. The Morgan fingerprint density at radius 2 is 1.71 bits per heavy atom. The third-order valence-electron chi connectivity index (χ3n) is 6.26. The summed E-state index contributed by atoms with van der Waals surface area (Å²) < 4.78 is 13.9. The first-order chi connectivity index (χ1) is 16.7. The van der Waals surface area contributed by atoms with Gasteiger partial charge in [0.25, 0.3) is 0 Å². The fraction of sp³-hybridized carbons (Fsp3) is 0.400. The van der Waals surface area contributed by atoms with Gasteiger partial charge in [-0.2, -0.15) is 0 Å². The lowest BCUT2D eigenvalue weighted by molar-refractivity contribution is 0.0622. The second-order valence-corrected chi connectivity index (χ2v) is 8.93. The Kier molecular flexibility index (Phi) is 6.84. The van der Waals surface area contributed by atoms with E-state index in [-0.39, 0.29) is 30.3 Å². The van der Waals surface area contributed by atoms with E-state index < -0.39 is 0 Å². The van der Waals surface area contributed by atoms with Crippen molar-refractivity contribution in [2.24, 2.45) is 0 Å². The Morgan fingerprint density at radius 1 is 1.00 bits per heavy atom. The molecular formula is C25H30N6O3. The van der Waals surface area contributed by atoms with Crippen LogP contribution in [-0.4, -0.2) is 64.4 Å². The van der Waals surface area contributed by atoms with Gasteiger partial charge in [-0.25, -0.2) is 9.48 Å². The van der Waals surface area contributed by atoms with E-state index in [1.165, 1.54) is 5.56 Å². The van der Waals surface area contributed by atoms with Crippen LogP contribution in [0.5, 0.6) is 0 Å². The average Bonchev–Trinajstić information content (AvgIpc) is 3.57. The number of ether oxygens (including phenoxy) is 2. The standard InChI is InChI=1S/C25H30N6O3/c1-30(13-19-10-6-3-7-11-19)14-20-15-31(29-28-20)22-17-34-23-21(16-33-24(22)23)27-25(32)26-12-18-8-4-2-5-9-18/h2-11,15,21-24H,12-14,16-17H2,1H3,(H2,26,27,32)/t21-,22-,23+,24+/m0/s1. The van der Waals surface area contributed by atoms with Gasteiger partial charge in [-0.1, -0.05) is 65.9 Å². The molecule has 2 aliphatic rings. The molecule has 4 atom stereocenters. The van der Waals surface area contributed by atoms with Gasteiger partial charge in [0.05, 0.1) is 31.1 Å². The molecule has 34 heavy (non-hydrogen) atoms.